The van der Waals surface area contributed by atoms with Gasteiger partial charge in [-0.25, -0.2) is 0 Å². The molecule has 1 heterocycles. The Morgan fingerprint density at radius 1 is 1.39 bits per heavy atom. The molecular weight excluding hydrogens is 373 g/mol. The Morgan fingerprint density at radius 2 is 2.13 bits per heavy atom. The smallest absolute Gasteiger partial charge is 0.363 e. The maximum absolute atomic E-state index is 12.9. The molecule has 0 atom stereocenters. The summed E-state index contributed by atoms with van der Waals surface area (Å²) in [5, 5.41) is 13.2. The minimum absolute atomic E-state index is 0.0573. The van der Waals surface area contributed by atoms with E-state index < -0.39 is 17.6 Å². The zero-order chi connectivity index (χ0) is 17.0. The average Bonchev–Trinajstić information content (AvgIpc) is 2.94. The monoisotopic (exact) mass is 382 g/mol. The van der Waals surface area contributed by atoms with Gasteiger partial charge in [0.05, 0.1) is 17.0 Å². The number of carbonyl (C=O) groups is 1. The lowest BCUT2D eigenvalue weighted by atomic mass is 10.1. The number of carbonyl (C=O) groups excluding carboxylic acids is 1. The molecule has 23 heavy (non-hydrogen) atoms. The van der Waals surface area contributed by atoms with Crippen molar-refractivity contribution in [2.24, 2.45) is 0 Å². The zero-order valence-electron chi connectivity index (χ0n) is 11.6. The highest BCUT2D eigenvalue weighted by Gasteiger charge is 2.34. The third-order valence-electron chi connectivity index (χ3n) is 2.51. The van der Waals surface area contributed by atoms with Crippen molar-refractivity contribution >= 4 is 51.4 Å². The van der Waals surface area contributed by atoms with Gasteiger partial charge in [-0.15, -0.1) is 10.2 Å². The van der Waals surface area contributed by atoms with Crippen LogP contribution in [0.3, 0.4) is 0 Å². The van der Waals surface area contributed by atoms with Crippen LogP contribution in [0.5, 0.6) is 0 Å². The molecule has 11 heteroatoms. The SMILES string of the molecule is CNc1nnc(SCC(=O)Nc2ccc(Cl)cc2C(F)(F)F)s1. The topological polar surface area (TPSA) is 66.9 Å². The van der Waals surface area contributed by atoms with Gasteiger partial charge < -0.3 is 10.6 Å². The quantitative estimate of drug-likeness (QED) is 0.765. The van der Waals surface area contributed by atoms with Gasteiger partial charge in [0, 0.05) is 12.1 Å². The molecule has 1 aromatic heterocycles. The first-order valence-electron chi connectivity index (χ1n) is 6.10. The van der Waals surface area contributed by atoms with Gasteiger partial charge in [0.1, 0.15) is 0 Å². The zero-order valence-corrected chi connectivity index (χ0v) is 14.0. The number of aromatic nitrogens is 2. The summed E-state index contributed by atoms with van der Waals surface area (Å²) in [6.45, 7) is 0. The maximum Gasteiger partial charge on any atom is 0.418 e. The van der Waals surface area contributed by atoms with Crippen LogP contribution in [-0.4, -0.2) is 28.9 Å². The van der Waals surface area contributed by atoms with Crippen molar-refractivity contribution < 1.29 is 18.0 Å². The number of hydrogen-bond acceptors (Lipinski definition) is 6. The number of nitrogens with one attached hydrogen (secondary N) is 2. The summed E-state index contributed by atoms with van der Waals surface area (Å²) in [5.41, 5.74) is -1.32. The number of benzene rings is 1. The van der Waals surface area contributed by atoms with Crippen molar-refractivity contribution in [1.82, 2.24) is 10.2 Å². The number of amides is 1. The van der Waals surface area contributed by atoms with Crippen LogP contribution in [0.4, 0.5) is 24.0 Å². The fraction of sp³-hybridized carbons (Fsp3) is 0.250. The van der Waals surface area contributed by atoms with E-state index in [1.54, 1.807) is 7.05 Å². The molecule has 0 saturated heterocycles. The van der Waals surface area contributed by atoms with E-state index in [-0.39, 0.29) is 16.5 Å². The van der Waals surface area contributed by atoms with Crippen LogP contribution in [0.15, 0.2) is 22.5 Å². The molecular formula is C12H10ClF3N4OS2. The van der Waals surface area contributed by atoms with Crippen molar-refractivity contribution in [3.8, 4) is 0 Å². The third kappa shape index (κ3) is 4.98. The summed E-state index contributed by atoms with van der Waals surface area (Å²) in [4.78, 5) is 11.8. The predicted octanol–water partition coefficient (Wildman–Crippen LogP) is 3.98. The Hall–Kier alpha value is -1.52. The second-order valence-corrected chi connectivity index (χ2v) is 6.78. The Bertz CT molecular complexity index is 708. The highest BCUT2D eigenvalue weighted by Crippen LogP contribution is 2.36. The number of rotatable bonds is 5. The number of hydrogen-bond donors (Lipinski definition) is 2. The molecule has 5 nitrogen and oxygen atoms in total. The Labute approximate surface area is 142 Å². The van der Waals surface area contributed by atoms with Crippen LogP contribution >= 0.6 is 34.7 Å². The van der Waals surface area contributed by atoms with E-state index in [0.717, 1.165) is 23.9 Å². The van der Waals surface area contributed by atoms with Crippen molar-refractivity contribution in [1.29, 1.82) is 0 Å². The number of nitrogens with zero attached hydrogens (tertiary/aromatic N) is 2. The summed E-state index contributed by atoms with van der Waals surface area (Å²) in [6, 6.07) is 3.18. The summed E-state index contributed by atoms with van der Waals surface area (Å²) in [6.07, 6.45) is -4.61. The summed E-state index contributed by atoms with van der Waals surface area (Å²) in [5.74, 6) is -0.665. The van der Waals surface area contributed by atoms with E-state index in [9.17, 15) is 18.0 Å². The molecule has 0 bridgehead atoms. The molecule has 0 fully saturated rings. The van der Waals surface area contributed by atoms with Gasteiger partial charge in [-0.2, -0.15) is 13.2 Å². The molecule has 2 aromatic rings. The number of alkyl halides is 3. The summed E-state index contributed by atoms with van der Waals surface area (Å²) >= 11 is 7.91. The molecule has 0 aliphatic rings. The van der Waals surface area contributed by atoms with E-state index in [1.165, 1.54) is 17.4 Å². The third-order valence-corrected chi connectivity index (χ3v) is 4.82. The molecule has 0 spiro atoms. The van der Waals surface area contributed by atoms with E-state index in [1.807, 2.05) is 0 Å². The lowest BCUT2D eigenvalue weighted by molar-refractivity contribution is -0.137. The number of halogens is 4. The lowest BCUT2D eigenvalue weighted by Crippen LogP contribution is -2.18. The molecule has 0 unspecified atom stereocenters. The molecule has 1 aromatic carbocycles. The molecule has 2 N–H and O–H groups in total. The molecule has 124 valence electrons. The first-order chi connectivity index (χ1) is 10.8. The van der Waals surface area contributed by atoms with Gasteiger partial charge in [0.15, 0.2) is 4.34 Å². The molecule has 1 amide bonds. The van der Waals surface area contributed by atoms with Crippen molar-refractivity contribution in [3.63, 3.8) is 0 Å². The van der Waals surface area contributed by atoms with Crippen LogP contribution < -0.4 is 10.6 Å². The van der Waals surface area contributed by atoms with Crippen LogP contribution in [-0.2, 0) is 11.0 Å². The highest BCUT2D eigenvalue weighted by atomic mass is 35.5. The lowest BCUT2D eigenvalue weighted by Gasteiger charge is -2.13. The van der Waals surface area contributed by atoms with Gasteiger partial charge in [-0.05, 0) is 18.2 Å². The minimum Gasteiger partial charge on any atom is -0.363 e. The Kier molecular flexibility index (Phi) is 5.71. The van der Waals surface area contributed by atoms with Crippen LogP contribution in [0.25, 0.3) is 0 Å². The van der Waals surface area contributed by atoms with E-state index in [4.69, 9.17) is 11.6 Å². The van der Waals surface area contributed by atoms with E-state index in [2.05, 4.69) is 20.8 Å². The van der Waals surface area contributed by atoms with Gasteiger partial charge >= 0.3 is 6.18 Å². The van der Waals surface area contributed by atoms with Gasteiger partial charge in [0.25, 0.3) is 0 Å². The first-order valence-corrected chi connectivity index (χ1v) is 8.28. The van der Waals surface area contributed by atoms with Gasteiger partial charge in [-0.1, -0.05) is 34.7 Å². The van der Waals surface area contributed by atoms with E-state index in [0.29, 0.717) is 9.47 Å². The van der Waals surface area contributed by atoms with Crippen molar-refractivity contribution in [2.45, 2.75) is 10.5 Å². The van der Waals surface area contributed by atoms with Gasteiger partial charge in [-0.3, -0.25) is 4.79 Å². The highest BCUT2D eigenvalue weighted by molar-refractivity contribution is 8.01. The molecule has 0 aliphatic carbocycles. The largest absolute Gasteiger partial charge is 0.418 e. The van der Waals surface area contributed by atoms with Crippen molar-refractivity contribution in [2.75, 3.05) is 23.4 Å². The second kappa shape index (κ2) is 7.37. The average molecular weight is 383 g/mol. The van der Waals surface area contributed by atoms with Crippen molar-refractivity contribution in [3.05, 3.63) is 28.8 Å². The first kappa shape index (κ1) is 17.8. The number of thioether (sulfide) groups is 1. The Morgan fingerprint density at radius 3 is 2.74 bits per heavy atom. The summed E-state index contributed by atoms with van der Waals surface area (Å²) < 4.78 is 39.3. The van der Waals surface area contributed by atoms with Crippen LogP contribution in [0, 0.1) is 0 Å². The fourth-order valence-corrected chi connectivity index (χ4v) is 3.22. The minimum atomic E-state index is -4.61. The summed E-state index contributed by atoms with van der Waals surface area (Å²) in [7, 11) is 1.68. The van der Waals surface area contributed by atoms with Crippen LogP contribution in [0.2, 0.25) is 5.02 Å². The molecule has 0 aliphatic heterocycles. The predicted molar refractivity (Wildman–Crippen MR) is 85.3 cm³/mol. The van der Waals surface area contributed by atoms with Crippen LogP contribution in [0.1, 0.15) is 5.56 Å². The molecule has 0 radical (unpaired) electrons. The maximum atomic E-state index is 12.9. The fourth-order valence-electron chi connectivity index (χ4n) is 1.54. The van der Waals surface area contributed by atoms with Gasteiger partial charge in [0.2, 0.25) is 11.0 Å². The second-order valence-electron chi connectivity index (χ2n) is 4.15. The normalized spacial score (nSPS) is 11.3. The standard InChI is InChI=1S/C12H10ClF3N4OS2/c1-17-10-19-20-11(23-10)22-5-9(21)18-8-3-2-6(13)4-7(8)12(14,15)16/h2-4H,5H2,1H3,(H,17,19)(H,18,21). The molecule has 0 saturated carbocycles. The Balaban J connectivity index is 2.02. The number of anilines is 2. The van der Waals surface area contributed by atoms with E-state index >= 15 is 0 Å². The molecule has 2 rings (SSSR count).